The van der Waals surface area contributed by atoms with E-state index < -0.39 is 0 Å². The Hall–Kier alpha value is -1.46. The Morgan fingerprint density at radius 2 is 2.16 bits per heavy atom. The molecule has 106 valence electrons. The van der Waals surface area contributed by atoms with Crippen LogP contribution in [-0.2, 0) is 6.54 Å². The van der Waals surface area contributed by atoms with Crippen molar-refractivity contribution in [1.82, 2.24) is 5.32 Å². The van der Waals surface area contributed by atoms with Crippen LogP contribution >= 0.6 is 0 Å². The summed E-state index contributed by atoms with van der Waals surface area (Å²) in [4.78, 5) is 0. The van der Waals surface area contributed by atoms with Crippen LogP contribution < -0.4 is 19.5 Å². The minimum absolute atomic E-state index is 0.193. The van der Waals surface area contributed by atoms with Gasteiger partial charge in [-0.1, -0.05) is 0 Å². The second kappa shape index (κ2) is 6.63. The van der Waals surface area contributed by atoms with E-state index in [2.05, 4.69) is 5.32 Å². The molecular formula is C14H21NO4. The molecule has 0 amide bonds. The molecule has 5 nitrogen and oxygen atoms in total. The quantitative estimate of drug-likeness (QED) is 0.814. The zero-order valence-corrected chi connectivity index (χ0v) is 11.4. The number of hydrogen-bond donors (Lipinski definition) is 2. The van der Waals surface area contributed by atoms with Gasteiger partial charge in [0.2, 0.25) is 5.75 Å². The fraction of sp³-hybridized carbons (Fsp3) is 0.571. The number of hydrogen-bond acceptors (Lipinski definition) is 5. The summed E-state index contributed by atoms with van der Waals surface area (Å²) < 4.78 is 16.5. The molecule has 1 aromatic rings. The van der Waals surface area contributed by atoms with E-state index in [1.54, 1.807) is 7.11 Å². The van der Waals surface area contributed by atoms with Gasteiger partial charge in [-0.15, -0.1) is 0 Å². The maximum Gasteiger partial charge on any atom is 0.203 e. The van der Waals surface area contributed by atoms with Crippen molar-refractivity contribution in [3.63, 3.8) is 0 Å². The number of methoxy groups -OCH3 is 1. The summed E-state index contributed by atoms with van der Waals surface area (Å²) in [5.41, 5.74) is 1.07. The molecule has 0 aromatic heterocycles. The smallest absolute Gasteiger partial charge is 0.203 e. The summed E-state index contributed by atoms with van der Waals surface area (Å²) in [6.07, 6.45) is 0.738. The van der Waals surface area contributed by atoms with Crippen LogP contribution in [0.1, 0.15) is 18.9 Å². The van der Waals surface area contributed by atoms with Gasteiger partial charge < -0.3 is 24.6 Å². The molecule has 0 bridgehead atoms. The van der Waals surface area contributed by atoms with Crippen molar-refractivity contribution in [2.75, 3.05) is 26.9 Å². The number of benzene rings is 1. The Labute approximate surface area is 113 Å². The van der Waals surface area contributed by atoms with Gasteiger partial charge >= 0.3 is 0 Å². The fourth-order valence-corrected chi connectivity index (χ4v) is 2.02. The average Bonchev–Trinajstić information content (AvgIpc) is 2.44. The normalized spacial score (nSPS) is 15.1. The van der Waals surface area contributed by atoms with Crippen molar-refractivity contribution in [2.24, 2.45) is 0 Å². The fourth-order valence-electron chi connectivity index (χ4n) is 2.02. The highest BCUT2D eigenvalue weighted by molar-refractivity contribution is 5.54. The lowest BCUT2D eigenvalue weighted by atomic mass is 10.1. The third-order valence-electron chi connectivity index (χ3n) is 3.10. The van der Waals surface area contributed by atoms with Gasteiger partial charge in [-0.3, -0.25) is 0 Å². The number of rotatable bonds is 6. The predicted octanol–water partition coefficient (Wildman–Crippen LogP) is 1.33. The van der Waals surface area contributed by atoms with Crippen molar-refractivity contribution >= 4 is 0 Å². The molecule has 1 atom stereocenters. The summed E-state index contributed by atoms with van der Waals surface area (Å²) in [6, 6.07) is 4.19. The van der Waals surface area contributed by atoms with Crippen LogP contribution in [0, 0.1) is 0 Å². The predicted molar refractivity (Wildman–Crippen MR) is 72.0 cm³/mol. The van der Waals surface area contributed by atoms with Gasteiger partial charge in [-0.05, 0) is 31.0 Å². The SMILES string of the molecule is COc1cc(CNC(C)CCO)cc2c1OCCO2. The molecule has 19 heavy (non-hydrogen) atoms. The molecule has 1 heterocycles. The van der Waals surface area contributed by atoms with E-state index in [0.29, 0.717) is 31.3 Å². The standard InChI is InChI=1S/C14H21NO4/c1-10(3-4-16)15-9-11-7-12(17-2)14-13(8-11)18-5-6-19-14/h7-8,10,15-16H,3-6,9H2,1-2H3. The Bertz CT molecular complexity index is 405. The molecule has 2 N–H and O–H groups in total. The third-order valence-corrected chi connectivity index (χ3v) is 3.10. The lowest BCUT2D eigenvalue weighted by Gasteiger charge is -2.22. The van der Waals surface area contributed by atoms with Crippen molar-refractivity contribution in [3.8, 4) is 17.2 Å². The van der Waals surface area contributed by atoms with Crippen LogP contribution in [0.4, 0.5) is 0 Å². The van der Waals surface area contributed by atoms with Gasteiger partial charge in [0.05, 0.1) is 7.11 Å². The molecule has 2 rings (SSSR count). The number of aliphatic hydroxyl groups excluding tert-OH is 1. The van der Waals surface area contributed by atoms with Crippen molar-refractivity contribution in [2.45, 2.75) is 25.9 Å². The molecule has 0 spiro atoms. The Morgan fingerprint density at radius 1 is 1.37 bits per heavy atom. The molecule has 1 unspecified atom stereocenters. The molecule has 0 fully saturated rings. The molecule has 0 radical (unpaired) electrons. The van der Waals surface area contributed by atoms with Gasteiger partial charge in [0.15, 0.2) is 11.5 Å². The summed E-state index contributed by atoms with van der Waals surface area (Å²) >= 11 is 0. The molecular weight excluding hydrogens is 246 g/mol. The maximum atomic E-state index is 8.88. The van der Waals surface area contributed by atoms with Crippen LogP contribution in [0.3, 0.4) is 0 Å². The molecule has 0 saturated heterocycles. The first kappa shape index (κ1) is 14.0. The van der Waals surface area contributed by atoms with Gasteiger partial charge in [0, 0.05) is 19.2 Å². The lowest BCUT2D eigenvalue weighted by Crippen LogP contribution is -2.26. The first-order valence-electron chi connectivity index (χ1n) is 6.55. The summed E-state index contributed by atoms with van der Waals surface area (Å²) in [5.74, 6) is 2.11. The Morgan fingerprint density at radius 3 is 2.89 bits per heavy atom. The van der Waals surface area contributed by atoms with E-state index in [4.69, 9.17) is 19.3 Å². The third kappa shape index (κ3) is 3.52. The average molecular weight is 267 g/mol. The van der Waals surface area contributed by atoms with Gasteiger partial charge in [-0.2, -0.15) is 0 Å². The second-order valence-electron chi connectivity index (χ2n) is 4.62. The van der Waals surface area contributed by atoms with Crippen LogP contribution in [0.5, 0.6) is 17.2 Å². The number of ether oxygens (including phenoxy) is 3. The Balaban J connectivity index is 2.09. The summed E-state index contributed by atoms with van der Waals surface area (Å²) in [7, 11) is 1.62. The van der Waals surface area contributed by atoms with E-state index in [1.165, 1.54) is 0 Å². The number of nitrogens with one attached hydrogen (secondary N) is 1. The van der Waals surface area contributed by atoms with E-state index in [0.717, 1.165) is 17.7 Å². The minimum Gasteiger partial charge on any atom is -0.493 e. The van der Waals surface area contributed by atoms with Gasteiger partial charge in [-0.25, -0.2) is 0 Å². The number of aliphatic hydroxyl groups is 1. The monoisotopic (exact) mass is 267 g/mol. The first-order chi connectivity index (χ1) is 9.24. The molecule has 1 aromatic carbocycles. The molecule has 1 aliphatic rings. The highest BCUT2D eigenvalue weighted by Gasteiger charge is 2.18. The molecule has 1 aliphatic heterocycles. The van der Waals surface area contributed by atoms with E-state index in [9.17, 15) is 0 Å². The molecule has 5 heteroatoms. The topological polar surface area (TPSA) is 60.0 Å². The van der Waals surface area contributed by atoms with Crippen molar-refractivity contribution in [1.29, 1.82) is 0 Å². The zero-order chi connectivity index (χ0) is 13.7. The lowest BCUT2D eigenvalue weighted by molar-refractivity contribution is 0.165. The first-order valence-corrected chi connectivity index (χ1v) is 6.55. The van der Waals surface area contributed by atoms with E-state index >= 15 is 0 Å². The molecule has 0 saturated carbocycles. The Kier molecular flexibility index (Phi) is 4.87. The largest absolute Gasteiger partial charge is 0.493 e. The summed E-state index contributed by atoms with van der Waals surface area (Å²) in [6.45, 7) is 4.06. The second-order valence-corrected chi connectivity index (χ2v) is 4.62. The van der Waals surface area contributed by atoms with Crippen molar-refractivity contribution < 1.29 is 19.3 Å². The van der Waals surface area contributed by atoms with Gasteiger partial charge in [0.25, 0.3) is 0 Å². The van der Waals surface area contributed by atoms with Crippen LogP contribution in [0.2, 0.25) is 0 Å². The number of fused-ring (bicyclic) bond motifs is 1. The highest BCUT2D eigenvalue weighted by Crippen LogP contribution is 2.40. The van der Waals surface area contributed by atoms with E-state index in [1.807, 2.05) is 19.1 Å². The van der Waals surface area contributed by atoms with Gasteiger partial charge in [0.1, 0.15) is 13.2 Å². The maximum absolute atomic E-state index is 8.88. The van der Waals surface area contributed by atoms with Crippen LogP contribution in [-0.4, -0.2) is 38.1 Å². The highest BCUT2D eigenvalue weighted by atomic mass is 16.6. The van der Waals surface area contributed by atoms with Crippen LogP contribution in [0.15, 0.2) is 12.1 Å². The van der Waals surface area contributed by atoms with E-state index in [-0.39, 0.29) is 12.6 Å². The summed E-state index contributed by atoms with van der Waals surface area (Å²) in [5, 5.41) is 12.2. The zero-order valence-electron chi connectivity index (χ0n) is 11.4. The van der Waals surface area contributed by atoms with Crippen LogP contribution in [0.25, 0.3) is 0 Å². The minimum atomic E-state index is 0.193. The molecule has 0 aliphatic carbocycles. The van der Waals surface area contributed by atoms with Crippen molar-refractivity contribution in [3.05, 3.63) is 17.7 Å².